The van der Waals surface area contributed by atoms with Crippen LogP contribution in [0.25, 0.3) is 0 Å². The van der Waals surface area contributed by atoms with Gasteiger partial charge in [0.1, 0.15) is 0 Å². The Morgan fingerprint density at radius 1 is 1.50 bits per heavy atom. The lowest BCUT2D eigenvalue weighted by atomic mass is 9.93. The second kappa shape index (κ2) is 6.65. The highest BCUT2D eigenvalue weighted by Gasteiger charge is 2.20. The lowest BCUT2D eigenvalue weighted by Crippen LogP contribution is -2.37. The van der Waals surface area contributed by atoms with Gasteiger partial charge in [0.15, 0.2) is 0 Å². The molecule has 14 heavy (non-hydrogen) atoms. The molecular formula is C11H22ClNO. The van der Waals surface area contributed by atoms with Crippen molar-refractivity contribution in [3.63, 3.8) is 0 Å². The van der Waals surface area contributed by atoms with E-state index >= 15 is 0 Å². The van der Waals surface area contributed by atoms with Crippen LogP contribution in [0, 0.1) is 0 Å². The number of alkyl halides is 1. The fraction of sp³-hybridized carbons (Fsp3) is 1.00. The fourth-order valence-corrected chi connectivity index (χ4v) is 2.14. The first-order valence-electron chi connectivity index (χ1n) is 5.62. The Morgan fingerprint density at radius 2 is 2.29 bits per heavy atom. The van der Waals surface area contributed by atoms with Crippen molar-refractivity contribution in [1.82, 2.24) is 5.32 Å². The highest BCUT2D eigenvalue weighted by Crippen LogP contribution is 2.20. The van der Waals surface area contributed by atoms with Crippen LogP contribution in [-0.4, -0.2) is 31.2 Å². The van der Waals surface area contributed by atoms with Crippen LogP contribution in [0.3, 0.4) is 0 Å². The Bertz CT molecular complexity index is 152. The van der Waals surface area contributed by atoms with Crippen LogP contribution in [0.4, 0.5) is 0 Å². The molecule has 3 unspecified atom stereocenters. The molecule has 1 fully saturated rings. The quantitative estimate of drug-likeness (QED) is 0.718. The highest BCUT2D eigenvalue weighted by atomic mass is 35.5. The molecule has 1 saturated carbocycles. The number of ether oxygens (including phenoxy) is 1. The molecule has 0 radical (unpaired) electrons. The average Bonchev–Trinajstić information content (AvgIpc) is 2.18. The number of methoxy groups -OCH3 is 1. The summed E-state index contributed by atoms with van der Waals surface area (Å²) in [6.07, 6.45) is 6.47. The fourth-order valence-electron chi connectivity index (χ4n) is 2.03. The Morgan fingerprint density at radius 3 is 2.93 bits per heavy atom. The molecule has 0 saturated heterocycles. The van der Waals surface area contributed by atoms with Gasteiger partial charge in [0, 0.05) is 18.5 Å². The molecule has 3 atom stereocenters. The summed E-state index contributed by atoms with van der Waals surface area (Å²) in [5.74, 6) is 0. The molecule has 0 heterocycles. The summed E-state index contributed by atoms with van der Waals surface area (Å²) in [6, 6.07) is 0.643. The van der Waals surface area contributed by atoms with Crippen molar-refractivity contribution in [1.29, 1.82) is 0 Å². The van der Waals surface area contributed by atoms with Gasteiger partial charge in [-0.25, -0.2) is 0 Å². The molecule has 2 nitrogen and oxygen atoms in total. The molecule has 0 amide bonds. The van der Waals surface area contributed by atoms with E-state index < -0.39 is 0 Å². The van der Waals surface area contributed by atoms with Gasteiger partial charge in [-0.1, -0.05) is 0 Å². The lowest BCUT2D eigenvalue weighted by Gasteiger charge is -2.29. The second-order valence-corrected chi connectivity index (χ2v) is 4.99. The minimum Gasteiger partial charge on any atom is -0.381 e. The average molecular weight is 220 g/mol. The maximum absolute atomic E-state index is 5.89. The van der Waals surface area contributed by atoms with Gasteiger partial charge in [-0.3, -0.25) is 0 Å². The zero-order valence-corrected chi connectivity index (χ0v) is 10.0. The predicted octanol–water partition coefficient (Wildman–Crippen LogP) is 2.55. The maximum Gasteiger partial charge on any atom is 0.0586 e. The maximum atomic E-state index is 5.89. The van der Waals surface area contributed by atoms with Crippen molar-refractivity contribution in [2.75, 3.05) is 13.7 Å². The number of hydrogen-bond donors (Lipinski definition) is 1. The molecular weight excluding hydrogens is 198 g/mol. The van der Waals surface area contributed by atoms with Crippen molar-refractivity contribution >= 4 is 11.6 Å². The number of rotatable bonds is 5. The van der Waals surface area contributed by atoms with Gasteiger partial charge in [0.05, 0.1) is 6.10 Å². The van der Waals surface area contributed by atoms with Crippen molar-refractivity contribution in [3.8, 4) is 0 Å². The van der Waals surface area contributed by atoms with Gasteiger partial charge >= 0.3 is 0 Å². The topological polar surface area (TPSA) is 21.3 Å². The molecule has 0 aliphatic heterocycles. The summed E-state index contributed by atoms with van der Waals surface area (Å²) < 4.78 is 5.38. The molecule has 1 rings (SSSR count). The van der Waals surface area contributed by atoms with Crippen molar-refractivity contribution in [2.45, 2.75) is 56.6 Å². The van der Waals surface area contributed by atoms with Crippen LogP contribution < -0.4 is 5.32 Å². The lowest BCUT2D eigenvalue weighted by molar-refractivity contribution is 0.0589. The zero-order chi connectivity index (χ0) is 10.4. The summed E-state index contributed by atoms with van der Waals surface area (Å²) in [6.45, 7) is 3.08. The van der Waals surface area contributed by atoms with E-state index in [1.54, 1.807) is 0 Å². The Kier molecular flexibility index (Phi) is 5.83. The van der Waals surface area contributed by atoms with Gasteiger partial charge in [0.25, 0.3) is 0 Å². The predicted molar refractivity (Wildman–Crippen MR) is 61.0 cm³/mol. The van der Waals surface area contributed by atoms with E-state index in [9.17, 15) is 0 Å². The van der Waals surface area contributed by atoms with Crippen LogP contribution in [0.15, 0.2) is 0 Å². The smallest absolute Gasteiger partial charge is 0.0586 e. The van der Waals surface area contributed by atoms with E-state index in [1.165, 1.54) is 19.3 Å². The molecule has 3 heteroatoms. The van der Waals surface area contributed by atoms with Gasteiger partial charge < -0.3 is 10.1 Å². The molecule has 0 aromatic carbocycles. The molecule has 1 aliphatic rings. The minimum absolute atomic E-state index is 0.282. The van der Waals surface area contributed by atoms with E-state index in [0.717, 1.165) is 19.4 Å². The third-order valence-electron chi connectivity index (χ3n) is 2.93. The summed E-state index contributed by atoms with van der Waals surface area (Å²) in [4.78, 5) is 0. The SMILES string of the molecule is COC1CCCC(NCCC(C)Cl)C1. The van der Waals surface area contributed by atoms with Gasteiger partial charge in [-0.05, 0) is 45.6 Å². The number of nitrogens with one attached hydrogen (secondary N) is 1. The van der Waals surface area contributed by atoms with Crippen molar-refractivity contribution < 1.29 is 4.74 Å². The third-order valence-corrected chi connectivity index (χ3v) is 3.15. The zero-order valence-electron chi connectivity index (χ0n) is 9.26. The van der Waals surface area contributed by atoms with Crippen molar-refractivity contribution in [2.24, 2.45) is 0 Å². The Balaban J connectivity index is 2.11. The van der Waals surface area contributed by atoms with E-state index in [-0.39, 0.29) is 5.38 Å². The van der Waals surface area contributed by atoms with E-state index in [1.807, 2.05) is 14.0 Å². The second-order valence-electron chi connectivity index (χ2n) is 4.24. The minimum atomic E-state index is 0.282. The van der Waals surface area contributed by atoms with Crippen LogP contribution in [-0.2, 0) is 4.74 Å². The molecule has 0 aromatic rings. The van der Waals surface area contributed by atoms with E-state index in [4.69, 9.17) is 16.3 Å². The molecule has 1 aliphatic carbocycles. The number of halogens is 1. The van der Waals surface area contributed by atoms with Crippen LogP contribution in [0.2, 0.25) is 0 Å². The normalized spacial score (nSPS) is 30.2. The third kappa shape index (κ3) is 4.63. The molecule has 0 spiro atoms. The highest BCUT2D eigenvalue weighted by molar-refractivity contribution is 6.20. The first kappa shape index (κ1) is 12.3. The summed E-state index contributed by atoms with van der Waals surface area (Å²) in [5.41, 5.74) is 0. The van der Waals surface area contributed by atoms with Crippen molar-refractivity contribution in [3.05, 3.63) is 0 Å². The number of hydrogen-bond acceptors (Lipinski definition) is 2. The van der Waals surface area contributed by atoms with Crippen LogP contribution >= 0.6 is 11.6 Å². The molecule has 0 bridgehead atoms. The monoisotopic (exact) mass is 219 g/mol. The molecule has 1 N–H and O–H groups in total. The van der Waals surface area contributed by atoms with E-state index in [2.05, 4.69) is 5.32 Å². The summed E-state index contributed by atoms with van der Waals surface area (Å²) >= 11 is 5.89. The van der Waals surface area contributed by atoms with Gasteiger partial charge in [0.2, 0.25) is 0 Å². The first-order chi connectivity index (χ1) is 6.72. The van der Waals surface area contributed by atoms with Gasteiger partial charge in [-0.15, -0.1) is 11.6 Å². The van der Waals surface area contributed by atoms with Gasteiger partial charge in [-0.2, -0.15) is 0 Å². The summed E-state index contributed by atoms with van der Waals surface area (Å²) in [5, 5.41) is 3.83. The Hall–Kier alpha value is 0.210. The summed E-state index contributed by atoms with van der Waals surface area (Å²) in [7, 11) is 1.81. The largest absolute Gasteiger partial charge is 0.381 e. The molecule has 84 valence electrons. The van der Waals surface area contributed by atoms with Crippen LogP contribution in [0.5, 0.6) is 0 Å². The van der Waals surface area contributed by atoms with E-state index in [0.29, 0.717) is 12.1 Å². The van der Waals surface area contributed by atoms with Crippen LogP contribution in [0.1, 0.15) is 39.0 Å². The Labute approximate surface area is 92.3 Å². The first-order valence-corrected chi connectivity index (χ1v) is 6.06. The molecule has 0 aromatic heterocycles. The standard InChI is InChI=1S/C11H22ClNO/c1-9(12)6-7-13-10-4-3-5-11(8-10)14-2/h9-11,13H,3-8H2,1-2H3.